The molecular formula is C20H27N3O2. The summed E-state index contributed by atoms with van der Waals surface area (Å²) in [6.45, 7) is 8.61. The van der Waals surface area contributed by atoms with Crippen molar-refractivity contribution in [1.82, 2.24) is 10.2 Å². The van der Waals surface area contributed by atoms with Crippen molar-refractivity contribution in [2.24, 2.45) is 5.92 Å². The second-order valence-corrected chi connectivity index (χ2v) is 7.04. The Hall–Kier alpha value is -2.11. The van der Waals surface area contributed by atoms with Crippen LogP contribution >= 0.6 is 0 Å². The maximum absolute atomic E-state index is 12.2. The van der Waals surface area contributed by atoms with E-state index in [0.717, 1.165) is 42.7 Å². The van der Waals surface area contributed by atoms with Crippen molar-refractivity contribution in [2.45, 2.75) is 20.0 Å². The Labute approximate surface area is 149 Å². The van der Waals surface area contributed by atoms with Crippen LogP contribution in [0.3, 0.4) is 0 Å². The molecule has 1 unspecified atom stereocenters. The predicted molar refractivity (Wildman–Crippen MR) is 102 cm³/mol. The number of carbonyl (C=O) groups excluding carboxylic acids is 1. The van der Waals surface area contributed by atoms with E-state index in [1.54, 1.807) is 0 Å². The van der Waals surface area contributed by atoms with E-state index in [1.165, 1.54) is 0 Å². The summed E-state index contributed by atoms with van der Waals surface area (Å²) in [5.74, 6) is 0.642. The van der Waals surface area contributed by atoms with Gasteiger partial charge in [0.15, 0.2) is 0 Å². The third kappa shape index (κ3) is 5.18. The fourth-order valence-corrected chi connectivity index (χ4v) is 3.24. The van der Waals surface area contributed by atoms with Gasteiger partial charge in [-0.05, 0) is 28.8 Å². The zero-order valence-corrected chi connectivity index (χ0v) is 15.0. The Morgan fingerprint density at radius 3 is 2.84 bits per heavy atom. The van der Waals surface area contributed by atoms with Gasteiger partial charge >= 0.3 is 6.03 Å². The molecule has 0 aromatic heterocycles. The first-order valence-electron chi connectivity index (χ1n) is 8.98. The second-order valence-electron chi connectivity index (χ2n) is 7.04. The van der Waals surface area contributed by atoms with Gasteiger partial charge < -0.3 is 15.4 Å². The molecule has 1 aliphatic heterocycles. The molecule has 2 N–H and O–H groups in total. The number of hydrogen-bond acceptors (Lipinski definition) is 3. The molecule has 1 heterocycles. The maximum atomic E-state index is 12.2. The normalized spacial score (nSPS) is 18.4. The summed E-state index contributed by atoms with van der Waals surface area (Å²) in [7, 11) is 0. The third-order valence-electron chi connectivity index (χ3n) is 4.34. The monoisotopic (exact) mass is 341 g/mol. The number of benzene rings is 2. The van der Waals surface area contributed by atoms with Crippen molar-refractivity contribution in [3.8, 4) is 0 Å². The molecule has 1 atom stereocenters. The van der Waals surface area contributed by atoms with E-state index < -0.39 is 0 Å². The molecule has 5 heteroatoms. The van der Waals surface area contributed by atoms with Gasteiger partial charge in [0.1, 0.15) is 0 Å². The van der Waals surface area contributed by atoms with Crippen molar-refractivity contribution in [1.29, 1.82) is 0 Å². The lowest BCUT2D eigenvalue weighted by Crippen LogP contribution is -2.48. The van der Waals surface area contributed by atoms with Crippen LogP contribution in [0.4, 0.5) is 10.5 Å². The highest BCUT2D eigenvalue weighted by atomic mass is 16.5. The van der Waals surface area contributed by atoms with Crippen LogP contribution in [0.15, 0.2) is 42.5 Å². The third-order valence-corrected chi connectivity index (χ3v) is 4.34. The number of urea groups is 1. The molecule has 25 heavy (non-hydrogen) atoms. The van der Waals surface area contributed by atoms with E-state index in [2.05, 4.69) is 35.4 Å². The summed E-state index contributed by atoms with van der Waals surface area (Å²) in [6, 6.07) is 13.8. The molecule has 2 aromatic carbocycles. The molecule has 2 aromatic rings. The predicted octanol–water partition coefficient (Wildman–Crippen LogP) is 3.32. The summed E-state index contributed by atoms with van der Waals surface area (Å²) in [6.07, 6.45) is 0.0508. The van der Waals surface area contributed by atoms with E-state index in [1.807, 2.05) is 36.4 Å². The minimum Gasteiger partial charge on any atom is -0.374 e. The number of nitrogens with one attached hydrogen (secondary N) is 2. The Balaban J connectivity index is 1.48. The first kappa shape index (κ1) is 17.7. The lowest BCUT2D eigenvalue weighted by molar-refractivity contribution is -0.0288. The minimum atomic E-state index is -0.195. The molecule has 1 fully saturated rings. The van der Waals surface area contributed by atoms with Crippen LogP contribution in [0, 0.1) is 5.92 Å². The zero-order chi connectivity index (χ0) is 17.6. The quantitative estimate of drug-likeness (QED) is 0.877. The Kier molecular flexibility index (Phi) is 5.89. The summed E-state index contributed by atoms with van der Waals surface area (Å²) in [5, 5.41) is 8.09. The van der Waals surface area contributed by atoms with Gasteiger partial charge in [-0.2, -0.15) is 0 Å². The molecule has 0 radical (unpaired) electrons. The highest BCUT2D eigenvalue weighted by Gasteiger charge is 2.21. The molecule has 5 nitrogen and oxygen atoms in total. The number of rotatable bonds is 5. The van der Waals surface area contributed by atoms with E-state index in [0.29, 0.717) is 12.5 Å². The van der Waals surface area contributed by atoms with Gasteiger partial charge in [-0.25, -0.2) is 4.79 Å². The standard InChI is InChI=1S/C20H27N3O2/c1-15(2)13-23-9-10-25-19(14-23)12-21-20(24)22-18-8-7-16-5-3-4-6-17(16)11-18/h3-8,11,15,19H,9-10,12-14H2,1-2H3,(H2,21,22,24). The van der Waals surface area contributed by atoms with E-state index in [4.69, 9.17) is 4.74 Å². The smallest absolute Gasteiger partial charge is 0.319 e. The van der Waals surface area contributed by atoms with Gasteiger partial charge in [-0.3, -0.25) is 4.90 Å². The van der Waals surface area contributed by atoms with Crippen molar-refractivity contribution in [2.75, 3.05) is 38.1 Å². The number of ether oxygens (including phenoxy) is 1. The van der Waals surface area contributed by atoms with Crippen LogP contribution in [0.25, 0.3) is 10.8 Å². The molecule has 134 valence electrons. The maximum Gasteiger partial charge on any atom is 0.319 e. The summed E-state index contributed by atoms with van der Waals surface area (Å²) in [5.41, 5.74) is 0.794. The van der Waals surface area contributed by atoms with Crippen molar-refractivity contribution in [3.05, 3.63) is 42.5 Å². The topological polar surface area (TPSA) is 53.6 Å². The SMILES string of the molecule is CC(C)CN1CCOC(CNC(=O)Nc2ccc3ccccc3c2)C1. The summed E-state index contributed by atoms with van der Waals surface area (Å²) in [4.78, 5) is 14.6. The molecule has 0 saturated carbocycles. The Morgan fingerprint density at radius 2 is 2.04 bits per heavy atom. The lowest BCUT2D eigenvalue weighted by Gasteiger charge is -2.33. The van der Waals surface area contributed by atoms with Crippen LogP contribution in [0.1, 0.15) is 13.8 Å². The molecule has 3 rings (SSSR count). The van der Waals surface area contributed by atoms with E-state index >= 15 is 0 Å². The van der Waals surface area contributed by atoms with Crippen molar-refractivity contribution in [3.63, 3.8) is 0 Å². The van der Waals surface area contributed by atoms with Gasteiger partial charge in [0, 0.05) is 31.9 Å². The molecule has 0 spiro atoms. The number of amides is 2. The number of carbonyl (C=O) groups is 1. The average Bonchev–Trinajstić information content (AvgIpc) is 2.60. The van der Waals surface area contributed by atoms with Crippen molar-refractivity contribution < 1.29 is 9.53 Å². The number of morpholine rings is 1. The molecule has 1 saturated heterocycles. The van der Waals surface area contributed by atoms with E-state index in [9.17, 15) is 4.79 Å². The van der Waals surface area contributed by atoms with Gasteiger partial charge in [0.25, 0.3) is 0 Å². The summed E-state index contributed by atoms with van der Waals surface area (Å²) < 4.78 is 5.76. The first-order valence-corrected chi connectivity index (χ1v) is 8.98. The molecule has 0 aliphatic carbocycles. The van der Waals surface area contributed by atoms with Crippen LogP contribution in [0.5, 0.6) is 0 Å². The molecule has 2 amide bonds. The Morgan fingerprint density at radius 1 is 1.24 bits per heavy atom. The first-order chi connectivity index (χ1) is 12.1. The average molecular weight is 341 g/mol. The van der Waals surface area contributed by atoms with Crippen LogP contribution in [-0.2, 0) is 4.74 Å². The molecule has 0 bridgehead atoms. The lowest BCUT2D eigenvalue weighted by atomic mass is 10.1. The fourth-order valence-electron chi connectivity index (χ4n) is 3.24. The van der Waals surface area contributed by atoms with Crippen molar-refractivity contribution >= 4 is 22.5 Å². The number of nitrogens with zero attached hydrogens (tertiary/aromatic N) is 1. The minimum absolute atomic E-state index is 0.0508. The molecule has 1 aliphatic rings. The van der Waals surface area contributed by atoms with Gasteiger partial charge in [0.05, 0.1) is 12.7 Å². The van der Waals surface area contributed by atoms with Crippen LogP contribution in [0.2, 0.25) is 0 Å². The number of hydrogen-bond donors (Lipinski definition) is 2. The van der Waals surface area contributed by atoms with Gasteiger partial charge in [-0.1, -0.05) is 44.2 Å². The fraction of sp³-hybridized carbons (Fsp3) is 0.450. The Bertz CT molecular complexity index is 717. The highest BCUT2D eigenvalue weighted by Crippen LogP contribution is 2.18. The van der Waals surface area contributed by atoms with E-state index in [-0.39, 0.29) is 12.1 Å². The highest BCUT2D eigenvalue weighted by molar-refractivity contribution is 5.93. The zero-order valence-electron chi connectivity index (χ0n) is 15.0. The van der Waals surface area contributed by atoms with Crippen LogP contribution in [-0.4, -0.2) is 49.8 Å². The molecular weight excluding hydrogens is 314 g/mol. The van der Waals surface area contributed by atoms with Crippen LogP contribution < -0.4 is 10.6 Å². The largest absolute Gasteiger partial charge is 0.374 e. The number of anilines is 1. The number of fused-ring (bicyclic) bond motifs is 1. The second kappa shape index (κ2) is 8.32. The van der Waals surface area contributed by atoms with Gasteiger partial charge in [0.2, 0.25) is 0 Å². The van der Waals surface area contributed by atoms with Gasteiger partial charge in [-0.15, -0.1) is 0 Å². The summed E-state index contributed by atoms with van der Waals surface area (Å²) >= 11 is 0.